The lowest BCUT2D eigenvalue weighted by Crippen LogP contribution is -2.12. The van der Waals surface area contributed by atoms with Crippen molar-refractivity contribution in [3.8, 4) is 16.3 Å². The van der Waals surface area contributed by atoms with Gasteiger partial charge in [-0.05, 0) is 36.1 Å². The van der Waals surface area contributed by atoms with Gasteiger partial charge in [-0.25, -0.2) is 4.98 Å². The third kappa shape index (κ3) is 5.60. The van der Waals surface area contributed by atoms with E-state index in [0.29, 0.717) is 10.8 Å². The van der Waals surface area contributed by atoms with E-state index in [2.05, 4.69) is 48.5 Å². The normalized spacial score (nSPS) is 12.7. The maximum atomic E-state index is 6.31. The Labute approximate surface area is 208 Å². The van der Waals surface area contributed by atoms with Gasteiger partial charge in [-0.1, -0.05) is 74.5 Å². The van der Waals surface area contributed by atoms with E-state index in [4.69, 9.17) is 21.3 Å². The van der Waals surface area contributed by atoms with Gasteiger partial charge >= 0.3 is 0 Å². The van der Waals surface area contributed by atoms with E-state index in [1.807, 2.05) is 54.9 Å². The Kier molecular flexibility index (Phi) is 7.12. The van der Waals surface area contributed by atoms with E-state index in [1.54, 1.807) is 23.1 Å². The minimum atomic E-state index is -0.219. The first-order valence-electron chi connectivity index (χ1n) is 10.7. The first kappa shape index (κ1) is 23.8. The van der Waals surface area contributed by atoms with Gasteiger partial charge < -0.3 is 9.30 Å². The minimum Gasteiger partial charge on any atom is -0.483 e. The lowest BCUT2D eigenvalue weighted by molar-refractivity contribution is 0.211. The monoisotopic (exact) mass is 498 g/mol. The number of ether oxygens (including phenoxy) is 1. The lowest BCUT2D eigenvalue weighted by atomic mass is 9.87. The van der Waals surface area contributed by atoms with E-state index in [-0.39, 0.29) is 11.5 Å². The van der Waals surface area contributed by atoms with Crippen LogP contribution < -0.4 is 4.74 Å². The fourth-order valence-electron chi connectivity index (χ4n) is 3.37. The van der Waals surface area contributed by atoms with E-state index in [9.17, 15) is 0 Å². The zero-order valence-electron chi connectivity index (χ0n) is 19.4. The molecule has 1 atom stereocenters. The average molecular weight is 499 g/mol. The van der Waals surface area contributed by atoms with Gasteiger partial charge in [0.15, 0.2) is 17.1 Å². The Balaban J connectivity index is 1.39. The highest BCUT2D eigenvalue weighted by atomic mass is 35.5. The third-order valence-electron chi connectivity index (χ3n) is 5.27. The second-order valence-electron chi connectivity index (χ2n) is 8.85. The smallest absolute Gasteiger partial charge is 0.191 e. The number of thioether (sulfide) groups is 1. The summed E-state index contributed by atoms with van der Waals surface area (Å²) in [6.07, 6.45) is -0.219. The molecule has 0 fully saturated rings. The molecule has 8 heteroatoms. The molecule has 0 saturated carbocycles. The van der Waals surface area contributed by atoms with Gasteiger partial charge in [0.1, 0.15) is 10.8 Å². The van der Waals surface area contributed by atoms with Gasteiger partial charge in [-0.15, -0.1) is 21.5 Å². The molecular formula is C25H27ClN4OS2. The summed E-state index contributed by atoms with van der Waals surface area (Å²) in [4.78, 5) is 4.74. The van der Waals surface area contributed by atoms with Crippen LogP contribution in [0.4, 0.5) is 0 Å². The highest BCUT2D eigenvalue weighted by Gasteiger charge is 2.19. The number of hydrogen-bond donors (Lipinski definition) is 0. The summed E-state index contributed by atoms with van der Waals surface area (Å²) in [6, 6.07) is 16.0. The maximum absolute atomic E-state index is 6.31. The number of rotatable bonds is 7. The number of benzene rings is 2. The van der Waals surface area contributed by atoms with Crippen molar-refractivity contribution in [1.29, 1.82) is 0 Å². The number of thiazole rings is 1. The Hall–Kier alpha value is -2.35. The Morgan fingerprint density at radius 1 is 1.09 bits per heavy atom. The molecular weight excluding hydrogens is 472 g/mol. The third-order valence-corrected chi connectivity index (χ3v) is 7.58. The second-order valence-corrected chi connectivity index (χ2v) is 11.1. The van der Waals surface area contributed by atoms with Crippen LogP contribution in [0.25, 0.3) is 10.6 Å². The van der Waals surface area contributed by atoms with Crippen LogP contribution in [0.15, 0.2) is 59.1 Å². The van der Waals surface area contributed by atoms with E-state index in [0.717, 1.165) is 33.0 Å². The molecule has 4 aromatic rings. The predicted octanol–water partition coefficient (Wildman–Crippen LogP) is 7.32. The summed E-state index contributed by atoms with van der Waals surface area (Å²) in [7, 11) is 1.97. The van der Waals surface area contributed by atoms with Crippen LogP contribution in [0.1, 0.15) is 50.9 Å². The summed E-state index contributed by atoms with van der Waals surface area (Å²) < 4.78 is 8.12. The van der Waals surface area contributed by atoms with E-state index in [1.165, 1.54) is 5.56 Å². The van der Waals surface area contributed by atoms with Crippen molar-refractivity contribution in [2.24, 2.45) is 7.05 Å². The Bertz CT molecular complexity index is 1230. The molecule has 2 heterocycles. The van der Waals surface area contributed by atoms with Crippen LogP contribution in [0.3, 0.4) is 0 Å². The molecule has 0 radical (unpaired) electrons. The van der Waals surface area contributed by atoms with Crippen LogP contribution in [0.2, 0.25) is 5.02 Å². The zero-order valence-corrected chi connectivity index (χ0v) is 21.8. The molecule has 0 bridgehead atoms. The van der Waals surface area contributed by atoms with Crippen molar-refractivity contribution in [3.05, 3.63) is 76.0 Å². The fraction of sp³-hybridized carbons (Fsp3) is 0.320. The molecule has 5 nitrogen and oxygen atoms in total. The molecule has 0 aliphatic heterocycles. The Morgan fingerprint density at radius 2 is 1.82 bits per heavy atom. The van der Waals surface area contributed by atoms with E-state index < -0.39 is 0 Å². The van der Waals surface area contributed by atoms with Crippen LogP contribution in [-0.4, -0.2) is 19.7 Å². The first-order chi connectivity index (χ1) is 15.7. The lowest BCUT2D eigenvalue weighted by Gasteiger charge is -2.20. The fourth-order valence-corrected chi connectivity index (χ4v) is 5.42. The van der Waals surface area contributed by atoms with Crippen molar-refractivity contribution < 1.29 is 4.74 Å². The predicted molar refractivity (Wildman–Crippen MR) is 137 cm³/mol. The van der Waals surface area contributed by atoms with Gasteiger partial charge in [0.25, 0.3) is 0 Å². The quantitative estimate of drug-likeness (QED) is 0.250. The molecule has 0 aliphatic carbocycles. The van der Waals surface area contributed by atoms with Gasteiger partial charge in [0, 0.05) is 23.7 Å². The first-order valence-corrected chi connectivity index (χ1v) is 13.0. The summed E-state index contributed by atoms with van der Waals surface area (Å²) in [5.74, 6) is 2.31. The molecule has 2 aromatic carbocycles. The SMILES string of the molecule is CC(Oc1ccc(C(C)(C)C)cc1)c1nnc(SCc2csc(-c3ccccc3Cl)n2)n1C. The summed E-state index contributed by atoms with van der Waals surface area (Å²) in [5, 5.41) is 13.3. The molecule has 4 rings (SSSR count). The Morgan fingerprint density at radius 3 is 2.52 bits per heavy atom. The number of hydrogen-bond acceptors (Lipinski definition) is 6. The largest absolute Gasteiger partial charge is 0.483 e. The summed E-state index contributed by atoms with van der Waals surface area (Å²) in [6.45, 7) is 8.60. The van der Waals surface area contributed by atoms with Gasteiger partial charge in [0.2, 0.25) is 0 Å². The molecule has 0 amide bonds. The average Bonchev–Trinajstić information content (AvgIpc) is 3.39. The molecule has 33 heavy (non-hydrogen) atoms. The molecule has 0 N–H and O–H groups in total. The topological polar surface area (TPSA) is 52.8 Å². The van der Waals surface area contributed by atoms with Crippen molar-refractivity contribution in [1.82, 2.24) is 19.7 Å². The molecule has 0 aliphatic rings. The van der Waals surface area contributed by atoms with Crippen molar-refractivity contribution in [3.63, 3.8) is 0 Å². The molecule has 172 valence electrons. The number of aromatic nitrogens is 4. The molecule has 1 unspecified atom stereocenters. The van der Waals surface area contributed by atoms with Gasteiger partial charge in [0.05, 0.1) is 10.7 Å². The van der Waals surface area contributed by atoms with Crippen molar-refractivity contribution in [2.45, 2.75) is 50.1 Å². The van der Waals surface area contributed by atoms with Crippen molar-refractivity contribution >= 4 is 34.7 Å². The maximum Gasteiger partial charge on any atom is 0.191 e. The zero-order chi connectivity index (χ0) is 23.6. The number of halogens is 1. The molecule has 0 spiro atoms. The van der Waals surface area contributed by atoms with Gasteiger partial charge in [-0.2, -0.15) is 0 Å². The second kappa shape index (κ2) is 9.87. The van der Waals surface area contributed by atoms with Crippen LogP contribution in [-0.2, 0) is 18.2 Å². The van der Waals surface area contributed by atoms with Crippen LogP contribution >= 0.6 is 34.7 Å². The van der Waals surface area contributed by atoms with Crippen LogP contribution in [0.5, 0.6) is 5.75 Å². The highest BCUT2D eigenvalue weighted by Crippen LogP contribution is 2.32. The van der Waals surface area contributed by atoms with Crippen molar-refractivity contribution in [2.75, 3.05) is 0 Å². The molecule has 0 saturated heterocycles. The standard InChI is InChI=1S/C25H27ClN4OS2/c1-16(31-19-12-10-17(11-13-19)25(2,3)4)22-28-29-24(30(22)5)33-15-18-14-32-23(27-18)20-8-6-7-9-21(20)26/h6-14,16H,15H2,1-5H3. The highest BCUT2D eigenvalue weighted by molar-refractivity contribution is 7.98. The minimum absolute atomic E-state index is 0.116. The van der Waals surface area contributed by atoms with Gasteiger partial charge in [-0.3, -0.25) is 0 Å². The summed E-state index contributed by atoms with van der Waals surface area (Å²) >= 11 is 9.51. The van der Waals surface area contributed by atoms with Crippen LogP contribution in [0, 0.1) is 0 Å². The van der Waals surface area contributed by atoms with E-state index >= 15 is 0 Å². The summed E-state index contributed by atoms with van der Waals surface area (Å²) in [5.41, 5.74) is 3.35. The molecule has 2 aromatic heterocycles. The number of nitrogens with zero attached hydrogens (tertiary/aromatic N) is 4.